The molecule has 0 unspecified atom stereocenters. The smallest absolute Gasteiger partial charge is 0.325 e. The summed E-state index contributed by atoms with van der Waals surface area (Å²) in [6, 6.07) is 5.43. The number of likely N-dealkylation sites (N-methyl/N-ethyl adjacent to an activating group) is 1. The van der Waals surface area contributed by atoms with Crippen LogP contribution in [0.25, 0.3) is 0 Å². The standard InChI is InChI=1S/C18H23N3O4/c1-17(2,3)21-15(22)18(19-16(21)23)9-20(4)8-12(18)11-5-6-13-14(7-11)25-10-24-13/h5-7,12H,8-10H2,1-4H3,(H,19,23)/t12-,18-/m0/s1. The number of nitrogens with one attached hydrogen (secondary N) is 1. The molecule has 3 amide bonds. The van der Waals surface area contributed by atoms with Gasteiger partial charge in [-0.2, -0.15) is 0 Å². The van der Waals surface area contributed by atoms with E-state index in [4.69, 9.17) is 9.47 Å². The van der Waals surface area contributed by atoms with Gasteiger partial charge in [-0.05, 0) is 45.5 Å². The van der Waals surface area contributed by atoms with E-state index >= 15 is 0 Å². The van der Waals surface area contributed by atoms with Crippen molar-refractivity contribution in [1.29, 1.82) is 0 Å². The van der Waals surface area contributed by atoms with Gasteiger partial charge in [0.15, 0.2) is 11.5 Å². The van der Waals surface area contributed by atoms with Crippen molar-refractivity contribution in [2.45, 2.75) is 37.8 Å². The molecule has 0 aliphatic carbocycles. The fraction of sp³-hybridized carbons (Fsp3) is 0.556. The quantitative estimate of drug-likeness (QED) is 0.782. The number of imide groups is 1. The molecule has 0 bridgehead atoms. The van der Waals surface area contributed by atoms with Crippen LogP contribution in [0.1, 0.15) is 32.3 Å². The van der Waals surface area contributed by atoms with Gasteiger partial charge in [0.2, 0.25) is 6.79 Å². The summed E-state index contributed by atoms with van der Waals surface area (Å²) in [4.78, 5) is 29.3. The first kappa shape index (κ1) is 16.2. The number of likely N-dealkylation sites (tertiary alicyclic amines) is 1. The molecule has 134 valence electrons. The van der Waals surface area contributed by atoms with E-state index < -0.39 is 11.1 Å². The highest BCUT2D eigenvalue weighted by molar-refractivity contribution is 6.08. The van der Waals surface area contributed by atoms with Crippen LogP contribution in [0.15, 0.2) is 18.2 Å². The minimum atomic E-state index is -0.938. The maximum Gasteiger partial charge on any atom is 0.325 e. The van der Waals surface area contributed by atoms with Crippen molar-refractivity contribution in [2.24, 2.45) is 0 Å². The predicted octanol–water partition coefficient (Wildman–Crippen LogP) is 1.53. The molecule has 1 aromatic rings. The zero-order valence-electron chi connectivity index (χ0n) is 15.0. The SMILES string of the molecule is CN1C[C@@H](c2ccc3c(c2)OCO3)[C@]2(C1)NC(=O)N(C(C)(C)C)C2=O. The molecule has 0 aromatic heterocycles. The van der Waals surface area contributed by atoms with Crippen LogP contribution in [0.4, 0.5) is 4.79 Å². The van der Waals surface area contributed by atoms with Gasteiger partial charge in [-0.15, -0.1) is 0 Å². The molecule has 4 rings (SSSR count). The Morgan fingerprint density at radius 1 is 1.20 bits per heavy atom. The number of hydrogen-bond acceptors (Lipinski definition) is 5. The third kappa shape index (κ3) is 2.29. The Morgan fingerprint density at radius 2 is 1.92 bits per heavy atom. The van der Waals surface area contributed by atoms with E-state index in [0.717, 1.165) is 5.56 Å². The lowest BCUT2D eigenvalue weighted by Gasteiger charge is -2.32. The van der Waals surface area contributed by atoms with Crippen LogP contribution in [0, 0.1) is 0 Å². The number of rotatable bonds is 1. The van der Waals surface area contributed by atoms with E-state index in [1.54, 1.807) is 0 Å². The number of amides is 3. The van der Waals surface area contributed by atoms with Crippen molar-refractivity contribution in [1.82, 2.24) is 15.1 Å². The monoisotopic (exact) mass is 345 g/mol. The van der Waals surface area contributed by atoms with Gasteiger partial charge in [-0.25, -0.2) is 4.79 Å². The zero-order chi connectivity index (χ0) is 18.0. The highest BCUT2D eigenvalue weighted by Gasteiger charge is 2.61. The van der Waals surface area contributed by atoms with Crippen LogP contribution in [0.5, 0.6) is 11.5 Å². The minimum Gasteiger partial charge on any atom is -0.454 e. The normalized spacial score (nSPS) is 29.0. The third-order valence-corrected chi connectivity index (χ3v) is 5.20. The average molecular weight is 345 g/mol. The summed E-state index contributed by atoms with van der Waals surface area (Å²) in [7, 11) is 1.97. The lowest BCUT2D eigenvalue weighted by molar-refractivity contribution is -0.134. The van der Waals surface area contributed by atoms with Crippen molar-refractivity contribution in [3.05, 3.63) is 23.8 Å². The number of fused-ring (bicyclic) bond motifs is 1. The molecule has 2 saturated heterocycles. The number of urea groups is 1. The van der Waals surface area contributed by atoms with Crippen molar-refractivity contribution >= 4 is 11.9 Å². The molecule has 3 aliphatic heterocycles. The summed E-state index contributed by atoms with van der Waals surface area (Å²) in [6.45, 7) is 7.00. The van der Waals surface area contributed by atoms with Crippen LogP contribution in [-0.4, -0.2) is 59.7 Å². The molecular weight excluding hydrogens is 322 g/mol. The van der Waals surface area contributed by atoms with Crippen LogP contribution in [0.3, 0.4) is 0 Å². The fourth-order valence-corrected chi connectivity index (χ4v) is 4.13. The molecule has 2 fully saturated rings. The second kappa shape index (κ2) is 5.11. The van der Waals surface area contributed by atoms with E-state index in [1.165, 1.54) is 4.90 Å². The number of ether oxygens (including phenoxy) is 2. The van der Waals surface area contributed by atoms with Crippen LogP contribution >= 0.6 is 0 Å². The molecule has 1 spiro atoms. The van der Waals surface area contributed by atoms with Gasteiger partial charge >= 0.3 is 6.03 Å². The lowest BCUT2D eigenvalue weighted by Crippen LogP contribution is -2.54. The predicted molar refractivity (Wildman–Crippen MR) is 90.7 cm³/mol. The number of nitrogens with zero attached hydrogens (tertiary/aromatic N) is 2. The Kier molecular flexibility index (Phi) is 3.31. The largest absolute Gasteiger partial charge is 0.454 e. The van der Waals surface area contributed by atoms with Gasteiger partial charge < -0.3 is 19.7 Å². The first-order valence-corrected chi connectivity index (χ1v) is 8.47. The summed E-state index contributed by atoms with van der Waals surface area (Å²) < 4.78 is 10.9. The maximum atomic E-state index is 13.3. The molecule has 0 radical (unpaired) electrons. The first-order chi connectivity index (χ1) is 11.7. The van der Waals surface area contributed by atoms with E-state index in [0.29, 0.717) is 24.6 Å². The number of hydrogen-bond donors (Lipinski definition) is 1. The van der Waals surface area contributed by atoms with Gasteiger partial charge in [0, 0.05) is 24.5 Å². The molecular formula is C18H23N3O4. The van der Waals surface area contributed by atoms with Crippen LogP contribution < -0.4 is 14.8 Å². The van der Waals surface area contributed by atoms with Crippen LogP contribution in [-0.2, 0) is 4.79 Å². The van der Waals surface area contributed by atoms with Crippen molar-refractivity contribution in [3.63, 3.8) is 0 Å². The first-order valence-electron chi connectivity index (χ1n) is 8.47. The maximum absolute atomic E-state index is 13.3. The second-order valence-electron chi connectivity index (χ2n) is 8.07. The van der Waals surface area contributed by atoms with Gasteiger partial charge in [0.25, 0.3) is 5.91 Å². The van der Waals surface area contributed by atoms with E-state index in [1.807, 2.05) is 46.0 Å². The Morgan fingerprint density at radius 3 is 2.60 bits per heavy atom. The second-order valence-corrected chi connectivity index (χ2v) is 8.07. The average Bonchev–Trinajstić information content (AvgIpc) is 3.15. The summed E-state index contributed by atoms with van der Waals surface area (Å²) in [6.07, 6.45) is 0. The minimum absolute atomic E-state index is 0.143. The molecule has 1 N–H and O–H groups in total. The highest BCUT2D eigenvalue weighted by atomic mass is 16.7. The molecule has 2 atom stereocenters. The van der Waals surface area contributed by atoms with Gasteiger partial charge in [-0.1, -0.05) is 6.07 Å². The van der Waals surface area contributed by atoms with Crippen molar-refractivity contribution < 1.29 is 19.1 Å². The molecule has 25 heavy (non-hydrogen) atoms. The Labute approximate surface area is 146 Å². The van der Waals surface area contributed by atoms with E-state index in [-0.39, 0.29) is 24.6 Å². The summed E-state index contributed by atoms with van der Waals surface area (Å²) >= 11 is 0. The third-order valence-electron chi connectivity index (χ3n) is 5.20. The van der Waals surface area contributed by atoms with E-state index in [2.05, 4.69) is 10.2 Å². The van der Waals surface area contributed by atoms with Gasteiger partial charge in [0.1, 0.15) is 5.54 Å². The highest BCUT2D eigenvalue weighted by Crippen LogP contribution is 2.44. The fourth-order valence-electron chi connectivity index (χ4n) is 4.13. The topological polar surface area (TPSA) is 71.1 Å². The van der Waals surface area contributed by atoms with Crippen molar-refractivity contribution in [3.8, 4) is 11.5 Å². The molecule has 1 aromatic carbocycles. The zero-order valence-corrected chi connectivity index (χ0v) is 15.0. The number of carbonyl (C=O) groups excluding carboxylic acids is 2. The molecule has 3 heterocycles. The Bertz CT molecular complexity index is 757. The molecule has 0 saturated carbocycles. The van der Waals surface area contributed by atoms with Crippen LogP contribution in [0.2, 0.25) is 0 Å². The Balaban J connectivity index is 1.76. The number of benzene rings is 1. The lowest BCUT2D eigenvalue weighted by atomic mass is 9.81. The molecule has 7 nitrogen and oxygen atoms in total. The summed E-state index contributed by atoms with van der Waals surface area (Å²) in [5, 5.41) is 3.01. The summed E-state index contributed by atoms with van der Waals surface area (Å²) in [5.41, 5.74) is -0.532. The van der Waals surface area contributed by atoms with Crippen molar-refractivity contribution in [2.75, 3.05) is 26.9 Å². The number of carbonyl (C=O) groups is 2. The van der Waals surface area contributed by atoms with Gasteiger partial charge in [0.05, 0.1) is 0 Å². The molecule has 3 aliphatic rings. The molecule has 7 heteroatoms. The Hall–Kier alpha value is -2.28. The summed E-state index contributed by atoms with van der Waals surface area (Å²) in [5.74, 6) is 1.10. The van der Waals surface area contributed by atoms with E-state index in [9.17, 15) is 9.59 Å². The van der Waals surface area contributed by atoms with Gasteiger partial charge in [-0.3, -0.25) is 9.69 Å².